The van der Waals surface area contributed by atoms with Crippen molar-refractivity contribution in [2.45, 2.75) is 46.1 Å². The van der Waals surface area contributed by atoms with Crippen molar-refractivity contribution in [3.63, 3.8) is 0 Å². The highest BCUT2D eigenvalue weighted by Gasteiger charge is 2.17. The van der Waals surface area contributed by atoms with Gasteiger partial charge in [-0.3, -0.25) is 4.79 Å². The molecule has 0 fully saturated rings. The Labute approximate surface area is 141 Å². The highest BCUT2D eigenvalue weighted by atomic mass is 32.1. The van der Waals surface area contributed by atoms with E-state index in [9.17, 15) is 4.79 Å². The number of amides is 1. The van der Waals surface area contributed by atoms with Crippen LogP contribution in [-0.2, 0) is 24.2 Å². The average Bonchev–Trinajstić information content (AvgIpc) is 2.91. The van der Waals surface area contributed by atoms with E-state index in [-0.39, 0.29) is 5.91 Å². The van der Waals surface area contributed by atoms with Crippen LogP contribution in [0.15, 0.2) is 18.2 Å². The standard InChI is InChI=1S/C18H23N3OS/c1-11(2)13-6-4-5-12(3)18(13)21-16(22)9-17-20-14-7-8-19-10-15(14)23-17/h4-6,11,19H,7-10H2,1-3H3,(H,21,22). The molecule has 1 aromatic carbocycles. The van der Waals surface area contributed by atoms with Crippen LogP contribution in [0.4, 0.5) is 5.69 Å². The number of rotatable bonds is 4. The minimum Gasteiger partial charge on any atom is -0.325 e. The zero-order chi connectivity index (χ0) is 16.4. The van der Waals surface area contributed by atoms with Gasteiger partial charge >= 0.3 is 0 Å². The number of thiazole rings is 1. The van der Waals surface area contributed by atoms with Gasteiger partial charge in [-0.2, -0.15) is 0 Å². The third kappa shape index (κ3) is 3.62. The van der Waals surface area contributed by atoms with Crippen LogP contribution >= 0.6 is 11.3 Å². The first-order chi connectivity index (χ1) is 11.0. The Bertz CT molecular complexity index is 698. The van der Waals surface area contributed by atoms with Crippen molar-refractivity contribution in [3.8, 4) is 0 Å². The van der Waals surface area contributed by atoms with Crippen LogP contribution in [0.3, 0.4) is 0 Å². The SMILES string of the molecule is Cc1cccc(C(C)C)c1NC(=O)Cc1nc2c(s1)CNCC2. The normalized spacial score (nSPS) is 13.9. The van der Waals surface area contributed by atoms with E-state index in [1.54, 1.807) is 11.3 Å². The number of nitrogens with zero attached hydrogens (tertiary/aromatic N) is 1. The third-order valence-corrected chi connectivity index (χ3v) is 5.25. The second kappa shape index (κ2) is 6.81. The predicted octanol–water partition coefficient (Wildman–Crippen LogP) is 3.40. The average molecular weight is 329 g/mol. The topological polar surface area (TPSA) is 54.0 Å². The molecule has 2 heterocycles. The molecular weight excluding hydrogens is 306 g/mol. The monoisotopic (exact) mass is 329 g/mol. The third-order valence-electron chi connectivity index (χ3n) is 4.15. The van der Waals surface area contributed by atoms with Crippen molar-refractivity contribution in [1.82, 2.24) is 10.3 Å². The van der Waals surface area contributed by atoms with E-state index in [2.05, 4.69) is 35.5 Å². The Morgan fingerprint density at radius 3 is 3.00 bits per heavy atom. The van der Waals surface area contributed by atoms with Gasteiger partial charge in [0.25, 0.3) is 0 Å². The van der Waals surface area contributed by atoms with Crippen LogP contribution in [0.2, 0.25) is 0 Å². The number of fused-ring (bicyclic) bond motifs is 1. The summed E-state index contributed by atoms with van der Waals surface area (Å²) in [6.45, 7) is 8.18. The molecule has 1 aliphatic rings. The van der Waals surface area contributed by atoms with Gasteiger partial charge in [0, 0.05) is 30.1 Å². The highest BCUT2D eigenvalue weighted by molar-refractivity contribution is 7.11. The molecule has 5 heteroatoms. The number of benzene rings is 1. The molecule has 1 aliphatic heterocycles. The number of carbonyl (C=O) groups excluding carboxylic acids is 1. The van der Waals surface area contributed by atoms with Crippen molar-refractivity contribution < 1.29 is 4.79 Å². The van der Waals surface area contributed by atoms with E-state index in [1.807, 2.05) is 19.1 Å². The first kappa shape index (κ1) is 16.1. The van der Waals surface area contributed by atoms with E-state index < -0.39 is 0 Å². The van der Waals surface area contributed by atoms with E-state index in [1.165, 1.54) is 10.4 Å². The Morgan fingerprint density at radius 2 is 2.26 bits per heavy atom. The summed E-state index contributed by atoms with van der Waals surface area (Å²) >= 11 is 1.65. The summed E-state index contributed by atoms with van der Waals surface area (Å²) in [5, 5.41) is 7.36. The summed E-state index contributed by atoms with van der Waals surface area (Å²) in [4.78, 5) is 18.4. The van der Waals surface area contributed by atoms with Gasteiger partial charge in [0.1, 0.15) is 5.01 Å². The van der Waals surface area contributed by atoms with Crippen LogP contribution in [0.5, 0.6) is 0 Å². The minimum absolute atomic E-state index is 0.0141. The van der Waals surface area contributed by atoms with Crippen molar-refractivity contribution >= 4 is 22.9 Å². The Balaban J connectivity index is 1.74. The first-order valence-electron chi connectivity index (χ1n) is 8.12. The number of hydrogen-bond donors (Lipinski definition) is 2. The molecule has 0 saturated heterocycles. The van der Waals surface area contributed by atoms with Gasteiger partial charge in [0.2, 0.25) is 5.91 Å². The molecule has 1 aromatic heterocycles. The zero-order valence-corrected chi connectivity index (χ0v) is 14.7. The fourth-order valence-corrected chi connectivity index (χ4v) is 4.00. The lowest BCUT2D eigenvalue weighted by Crippen LogP contribution is -2.22. The fraction of sp³-hybridized carbons (Fsp3) is 0.444. The lowest BCUT2D eigenvalue weighted by molar-refractivity contribution is -0.115. The van der Waals surface area contributed by atoms with Gasteiger partial charge in [-0.1, -0.05) is 32.0 Å². The van der Waals surface area contributed by atoms with Crippen molar-refractivity contribution in [2.24, 2.45) is 0 Å². The van der Waals surface area contributed by atoms with E-state index in [4.69, 9.17) is 0 Å². The quantitative estimate of drug-likeness (QED) is 0.904. The van der Waals surface area contributed by atoms with Gasteiger partial charge < -0.3 is 10.6 Å². The lowest BCUT2D eigenvalue weighted by atomic mass is 9.98. The molecule has 0 atom stereocenters. The van der Waals surface area contributed by atoms with Crippen LogP contribution in [0.1, 0.15) is 46.5 Å². The molecule has 0 spiro atoms. The van der Waals surface area contributed by atoms with E-state index in [0.29, 0.717) is 12.3 Å². The van der Waals surface area contributed by atoms with Crippen LogP contribution in [0, 0.1) is 6.92 Å². The first-order valence-corrected chi connectivity index (χ1v) is 8.93. The van der Waals surface area contributed by atoms with Gasteiger partial charge in [-0.25, -0.2) is 4.98 Å². The summed E-state index contributed by atoms with van der Waals surface area (Å²) in [5.74, 6) is 0.392. The summed E-state index contributed by atoms with van der Waals surface area (Å²) in [6, 6.07) is 6.17. The fourth-order valence-electron chi connectivity index (χ4n) is 2.92. The maximum atomic E-state index is 12.5. The number of nitrogens with one attached hydrogen (secondary N) is 2. The number of hydrogen-bond acceptors (Lipinski definition) is 4. The van der Waals surface area contributed by atoms with Crippen LogP contribution in [0.25, 0.3) is 0 Å². The molecule has 0 bridgehead atoms. The largest absolute Gasteiger partial charge is 0.325 e. The van der Waals surface area contributed by atoms with Crippen LogP contribution < -0.4 is 10.6 Å². The maximum Gasteiger partial charge on any atom is 0.231 e. The number of aryl methyl sites for hydroxylation is 1. The van der Waals surface area contributed by atoms with Crippen molar-refractivity contribution in [3.05, 3.63) is 44.9 Å². The second-order valence-electron chi connectivity index (χ2n) is 6.32. The Hall–Kier alpha value is -1.72. The number of aromatic nitrogens is 1. The summed E-state index contributed by atoms with van der Waals surface area (Å²) in [7, 11) is 0. The lowest BCUT2D eigenvalue weighted by Gasteiger charge is -2.16. The number of anilines is 1. The smallest absolute Gasteiger partial charge is 0.231 e. The van der Waals surface area contributed by atoms with Crippen molar-refractivity contribution in [1.29, 1.82) is 0 Å². The predicted molar refractivity (Wildman–Crippen MR) is 95.1 cm³/mol. The highest BCUT2D eigenvalue weighted by Crippen LogP contribution is 2.28. The molecule has 122 valence electrons. The van der Waals surface area contributed by atoms with E-state index in [0.717, 1.165) is 41.5 Å². The van der Waals surface area contributed by atoms with Crippen LogP contribution in [-0.4, -0.2) is 17.4 Å². The summed E-state index contributed by atoms with van der Waals surface area (Å²) in [6.07, 6.45) is 1.31. The molecule has 3 rings (SSSR count). The molecule has 0 saturated carbocycles. The molecule has 0 radical (unpaired) electrons. The summed E-state index contributed by atoms with van der Waals surface area (Å²) < 4.78 is 0. The molecule has 0 unspecified atom stereocenters. The zero-order valence-electron chi connectivity index (χ0n) is 13.9. The second-order valence-corrected chi connectivity index (χ2v) is 7.49. The maximum absolute atomic E-state index is 12.5. The molecule has 1 amide bonds. The van der Waals surface area contributed by atoms with Gasteiger partial charge in [0.15, 0.2) is 0 Å². The van der Waals surface area contributed by atoms with E-state index >= 15 is 0 Å². The molecule has 23 heavy (non-hydrogen) atoms. The molecule has 4 nitrogen and oxygen atoms in total. The van der Waals surface area contributed by atoms with Gasteiger partial charge in [-0.15, -0.1) is 11.3 Å². The summed E-state index contributed by atoms with van der Waals surface area (Å²) in [5.41, 5.74) is 4.40. The molecule has 0 aliphatic carbocycles. The number of para-hydroxylation sites is 1. The minimum atomic E-state index is 0.0141. The molecule has 2 N–H and O–H groups in total. The van der Waals surface area contributed by atoms with Gasteiger partial charge in [0.05, 0.1) is 12.1 Å². The molecular formula is C18H23N3OS. The Kier molecular flexibility index (Phi) is 4.78. The molecule has 2 aromatic rings. The van der Waals surface area contributed by atoms with Crippen molar-refractivity contribution in [2.75, 3.05) is 11.9 Å². The number of carbonyl (C=O) groups is 1. The van der Waals surface area contributed by atoms with Gasteiger partial charge in [-0.05, 0) is 24.0 Å². The Morgan fingerprint density at radius 1 is 1.43 bits per heavy atom.